The first-order chi connectivity index (χ1) is 14.0. The Balaban J connectivity index is 2.08. The summed E-state index contributed by atoms with van der Waals surface area (Å²) in [4.78, 5) is 37.6. The Morgan fingerprint density at radius 2 is 2.03 bits per heavy atom. The van der Waals surface area contributed by atoms with E-state index in [9.17, 15) is 14.4 Å². The van der Waals surface area contributed by atoms with Gasteiger partial charge in [0, 0.05) is 37.1 Å². The lowest BCUT2D eigenvalue weighted by Crippen LogP contribution is -2.45. The van der Waals surface area contributed by atoms with Gasteiger partial charge in [0.05, 0.1) is 7.11 Å². The number of ether oxygens (including phenoxy) is 1. The number of rotatable bonds is 10. The first-order valence-electron chi connectivity index (χ1n) is 9.88. The van der Waals surface area contributed by atoms with Crippen LogP contribution in [-0.4, -0.2) is 47.5 Å². The standard InChI is InChI=1S/C22H28N2O5/c1-29-20(26)13-12-19(21(23)27)24-15-18-16(10-8-11-17(18)22(24)28)9-6-4-2-3-5-7-14-25/h8,10-11,19,25H,2-5,7,12-15H2,1H3,(H2,23,27)/t19-/m0/s1. The summed E-state index contributed by atoms with van der Waals surface area (Å²) >= 11 is 0. The van der Waals surface area contributed by atoms with Crippen LogP contribution in [0.5, 0.6) is 0 Å². The quantitative estimate of drug-likeness (QED) is 0.353. The molecule has 1 aromatic rings. The molecule has 1 atom stereocenters. The summed E-state index contributed by atoms with van der Waals surface area (Å²) in [5.74, 6) is 4.90. The third kappa shape index (κ3) is 6.06. The fraction of sp³-hybridized carbons (Fsp3) is 0.500. The topological polar surface area (TPSA) is 110 Å². The Morgan fingerprint density at radius 1 is 1.28 bits per heavy atom. The van der Waals surface area contributed by atoms with Gasteiger partial charge < -0.3 is 20.5 Å². The van der Waals surface area contributed by atoms with Crippen molar-refractivity contribution in [3.8, 4) is 11.8 Å². The predicted molar refractivity (Wildman–Crippen MR) is 108 cm³/mol. The molecule has 0 spiro atoms. The number of unbranched alkanes of at least 4 members (excludes halogenated alkanes) is 4. The van der Waals surface area contributed by atoms with Crippen molar-refractivity contribution in [1.29, 1.82) is 0 Å². The summed E-state index contributed by atoms with van der Waals surface area (Å²) in [5.41, 5.74) is 7.57. The largest absolute Gasteiger partial charge is 0.469 e. The highest BCUT2D eigenvalue weighted by atomic mass is 16.5. The van der Waals surface area contributed by atoms with E-state index in [2.05, 4.69) is 16.6 Å². The number of amides is 2. The minimum atomic E-state index is -0.874. The molecule has 156 valence electrons. The van der Waals surface area contributed by atoms with Crippen molar-refractivity contribution >= 4 is 17.8 Å². The molecule has 7 heteroatoms. The highest BCUT2D eigenvalue weighted by Gasteiger charge is 2.36. The summed E-state index contributed by atoms with van der Waals surface area (Å²) in [7, 11) is 1.27. The van der Waals surface area contributed by atoms with Crippen LogP contribution in [0.2, 0.25) is 0 Å². The van der Waals surface area contributed by atoms with E-state index in [1.165, 1.54) is 12.0 Å². The number of hydrogen-bond donors (Lipinski definition) is 2. The van der Waals surface area contributed by atoms with E-state index in [4.69, 9.17) is 10.8 Å². The number of hydrogen-bond acceptors (Lipinski definition) is 5. The highest BCUT2D eigenvalue weighted by molar-refractivity contribution is 6.01. The van der Waals surface area contributed by atoms with Gasteiger partial charge in [-0.25, -0.2) is 0 Å². The Bertz CT molecular complexity index is 809. The molecule has 0 aromatic heterocycles. The molecule has 2 rings (SSSR count). The van der Waals surface area contributed by atoms with Gasteiger partial charge >= 0.3 is 5.97 Å². The zero-order valence-electron chi connectivity index (χ0n) is 16.8. The highest BCUT2D eigenvalue weighted by Crippen LogP contribution is 2.28. The maximum absolute atomic E-state index is 12.8. The molecule has 7 nitrogen and oxygen atoms in total. The van der Waals surface area contributed by atoms with E-state index < -0.39 is 17.9 Å². The number of methoxy groups -OCH3 is 1. The molecule has 1 aliphatic heterocycles. The van der Waals surface area contributed by atoms with Gasteiger partial charge in [-0.05, 0) is 37.0 Å². The number of carbonyl (C=O) groups is 3. The van der Waals surface area contributed by atoms with E-state index in [1.54, 1.807) is 12.1 Å². The van der Waals surface area contributed by atoms with Crippen molar-refractivity contribution in [3.63, 3.8) is 0 Å². The molecular weight excluding hydrogens is 372 g/mol. The second kappa shape index (κ2) is 11.2. The SMILES string of the molecule is COC(=O)CC[C@@H](C(N)=O)N1Cc2c(C#CCCCCCCO)cccc2C1=O. The van der Waals surface area contributed by atoms with Crippen LogP contribution in [0.1, 0.15) is 66.4 Å². The number of fused-ring (bicyclic) bond motifs is 1. The smallest absolute Gasteiger partial charge is 0.305 e. The fourth-order valence-corrected chi connectivity index (χ4v) is 3.37. The van der Waals surface area contributed by atoms with Crippen molar-refractivity contribution in [1.82, 2.24) is 4.90 Å². The molecule has 0 saturated heterocycles. The monoisotopic (exact) mass is 400 g/mol. The molecule has 0 radical (unpaired) electrons. The van der Waals surface area contributed by atoms with Crippen LogP contribution in [0, 0.1) is 11.8 Å². The maximum atomic E-state index is 12.8. The molecule has 0 unspecified atom stereocenters. The molecule has 0 bridgehead atoms. The Kier molecular flexibility index (Phi) is 8.68. The van der Waals surface area contributed by atoms with Crippen LogP contribution in [0.25, 0.3) is 0 Å². The molecule has 1 aliphatic rings. The molecule has 2 amide bonds. The number of nitrogens with two attached hydrogens (primary N) is 1. The first kappa shape index (κ1) is 22.4. The number of esters is 1. The summed E-state index contributed by atoms with van der Waals surface area (Å²) in [6.45, 7) is 0.461. The van der Waals surface area contributed by atoms with Crippen molar-refractivity contribution < 1.29 is 24.2 Å². The number of benzene rings is 1. The maximum Gasteiger partial charge on any atom is 0.305 e. The number of aliphatic hydroxyl groups is 1. The molecule has 29 heavy (non-hydrogen) atoms. The lowest BCUT2D eigenvalue weighted by molar-refractivity contribution is -0.141. The molecule has 1 heterocycles. The normalized spacial score (nSPS) is 13.4. The summed E-state index contributed by atoms with van der Waals surface area (Å²) < 4.78 is 4.61. The van der Waals surface area contributed by atoms with Crippen LogP contribution in [0.4, 0.5) is 0 Å². The first-order valence-corrected chi connectivity index (χ1v) is 9.88. The fourth-order valence-electron chi connectivity index (χ4n) is 3.37. The lowest BCUT2D eigenvalue weighted by Gasteiger charge is -2.24. The number of aliphatic hydroxyl groups excluding tert-OH is 1. The van der Waals surface area contributed by atoms with Crippen LogP contribution < -0.4 is 5.73 Å². The molecular formula is C22H28N2O5. The summed E-state index contributed by atoms with van der Waals surface area (Å²) in [5, 5.41) is 8.79. The second-order valence-electron chi connectivity index (χ2n) is 6.99. The van der Waals surface area contributed by atoms with Gasteiger partial charge in [-0.2, -0.15) is 0 Å². The number of carbonyl (C=O) groups excluding carboxylic acids is 3. The number of nitrogens with zero attached hydrogens (tertiary/aromatic N) is 1. The summed E-state index contributed by atoms with van der Waals surface area (Å²) in [6.07, 6.45) is 4.66. The molecule has 0 aliphatic carbocycles. The van der Waals surface area contributed by atoms with Gasteiger partial charge in [-0.3, -0.25) is 14.4 Å². The van der Waals surface area contributed by atoms with Crippen LogP contribution in [0.3, 0.4) is 0 Å². The van der Waals surface area contributed by atoms with Gasteiger partial charge in [0.2, 0.25) is 5.91 Å². The van der Waals surface area contributed by atoms with Crippen LogP contribution in [-0.2, 0) is 20.9 Å². The molecule has 1 aromatic carbocycles. The van der Waals surface area contributed by atoms with Crippen molar-refractivity contribution in [3.05, 3.63) is 34.9 Å². The second-order valence-corrected chi connectivity index (χ2v) is 6.99. The van der Waals surface area contributed by atoms with Gasteiger partial charge in [0.25, 0.3) is 5.91 Å². The van der Waals surface area contributed by atoms with E-state index in [1.807, 2.05) is 6.07 Å². The van der Waals surface area contributed by atoms with Crippen LogP contribution in [0.15, 0.2) is 18.2 Å². The van der Waals surface area contributed by atoms with Crippen molar-refractivity contribution in [2.75, 3.05) is 13.7 Å². The van der Waals surface area contributed by atoms with Crippen molar-refractivity contribution in [2.45, 2.75) is 57.5 Å². The van der Waals surface area contributed by atoms with Crippen molar-refractivity contribution in [2.24, 2.45) is 5.73 Å². The average Bonchev–Trinajstić information content (AvgIpc) is 3.04. The molecule has 0 fully saturated rings. The van der Waals surface area contributed by atoms with Gasteiger partial charge in [0.15, 0.2) is 0 Å². The molecule has 0 saturated carbocycles. The number of primary amides is 1. The lowest BCUT2D eigenvalue weighted by atomic mass is 10.0. The third-order valence-corrected chi connectivity index (χ3v) is 4.98. The third-order valence-electron chi connectivity index (χ3n) is 4.98. The minimum Gasteiger partial charge on any atom is -0.469 e. The zero-order chi connectivity index (χ0) is 21.2. The average molecular weight is 400 g/mol. The minimum absolute atomic E-state index is 0.00712. The van der Waals surface area contributed by atoms with E-state index in [-0.39, 0.29) is 31.9 Å². The van der Waals surface area contributed by atoms with Gasteiger partial charge in [0.1, 0.15) is 6.04 Å². The Morgan fingerprint density at radius 3 is 2.72 bits per heavy atom. The Labute approximate surface area is 171 Å². The van der Waals surface area contributed by atoms with Gasteiger partial charge in [-0.1, -0.05) is 30.7 Å². The van der Waals surface area contributed by atoms with E-state index in [0.717, 1.165) is 43.2 Å². The van der Waals surface area contributed by atoms with E-state index >= 15 is 0 Å². The van der Waals surface area contributed by atoms with E-state index in [0.29, 0.717) is 5.56 Å². The zero-order valence-corrected chi connectivity index (χ0v) is 16.8. The summed E-state index contributed by atoms with van der Waals surface area (Å²) in [6, 6.07) is 4.48. The van der Waals surface area contributed by atoms with Crippen LogP contribution >= 0.6 is 0 Å². The Hall–Kier alpha value is -2.85. The molecule has 3 N–H and O–H groups in total. The predicted octanol–water partition coefficient (Wildman–Crippen LogP) is 1.74. The van der Waals surface area contributed by atoms with Gasteiger partial charge in [-0.15, -0.1) is 0 Å².